The molecule has 14 heteroatoms. The number of cyclic esters (lactones) is 1. The van der Waals surface area contributed by atoms with Crippen molar-refractivity contribution in [2.45, 2.75) is 168 Å². The second kappa shape index (κ2) is 23.5. The van der Waals surface area contributed by atoms with Gasteiger partial charge in [-0.3, -0.25) is 24.3 Å². The maximum absolute atomic E-state index is 14.4. The maximum atomic E-state index is 14.4. The van der Waals surface area contributed by atoms with Crippen molar-refractivity contribution in [2.75, 3.05) is 27.9 Å². The van der Waals surface area contributed by atoms with Crippen LogP contribution in [0.4, 0.5) is 0 Å². The zero-order valence-electron chi connectivity index (χ0n) is 40.4. The first kappa shape index (κ1) is 51.7. The van der Waals surface area contributed by atoms with Crippen molar-refractivity contribution in [2.24, 2.45) is 29.6 Å². The molecule has 4 bridgehead atoms. The second-order valence-electron chi connectivity index (χ2n) is 19.4. The predicted octanol–water partition coefficient (Wildman–Crippen LogP) is 7.80. The topological polar surface area (TPSA) is 184 Å². The number of fused-ring (bicyclic) bond motifs is 5. The number of piperidine rings is 1. The molecule has 0 aromatic carbocycles. The van der Waals surface area contributed by atoms with Gasteiger partial charge in [0.2, 0.25) is 5.79 Å². The van der Waals surface area contributed by atoms with Crippen molar-refractivity contribution in [3.63, 3.8) is 0 Å². The van der Waals surface area contributed by atoms with Crippen LogP contribution in [0.5, 0.6) is 5.75 Å². The van der Waals surface area contributed by atoms with Crippen LogP contribution in [0.1, 0.15) is 143 Å². The molecule has 1 aromatic heterocycles. The molecule has 4 heterocycles. The molecule has 65 heavy (non-hydrogen) atoms. The lowest BCUT2D eigenvalue weighted by molar-refractivity contribution is -0.265. The number of ketones is 3. The van der Waals surface area contributed by atoms with Crippen molar-refractivity contribution in [3.8, 4) is 5.75 Å². The summed E-state index contributed by atoms with van der Waals surface area (Å²) in [5.74, 6) is -5.88. The van der Waals surface area contributed by atoms with Crippen molar-refractivity contribution < 1.29 is 52.8 Å². The molecule has 1 amide bonds. The minimum absolute atomic E-state index is 0.0663. The molecule has 0 unspecified atom stereocenters. The quantitative estimate of drug-likeness (QED) is 0.209. The van der Waals surface area contributed by atoms with Gasteiger partial charge >= 0.3 is 5.97 Å². The Morgan fingerprint density at radius 1 is 0.908 bits per heavy atom. The molecule has 0 spiro atoms. The Morgan fingerprint density at radius 3 is 2.35 bits per heavy atom. The molecule has 5 rings (SSSR count). The Bertz CT molecular complexity index is 1970. The Morgan fingerprint density at radius 2 is 1.65 bits per heavy atom. The maximum Gasteiger partial charge on any atom is 0.329 e. The fourth-order valence-electron chi connectivity index (χ4n) is 10.2. The van der Waals surface area contributed by atoms with E-state index >= 15 is 0 Å². The van der Waals surface area contributed by atoms with Crippen molar-refractivity contribution in [3.05, 3.63) is 53.4 Å². The van der Waals surface area contributed by atoms with Gasteiger partial charge in [0.15, 0.2) is 11.5 Å². The van der Waals surface area contributed by atoms with Crippen molar-refractivity contribution >= 4 is 34.8 Å². The van der Waals surface area contributed by atoms with Crippen LogP contribution in [-0.4, -0.2) is 114 Å². The highest BCUT2D eigenvalue weighted by atomic mass is 16.6. The summed E-state index contributed by atoms with van der Waals surface area (Å²) < 4.78 is 29.7. The zero-order valence-corrected chi connectivity index (χ0v) is 40.4. The molecule has 4 aliphatic rings. The van der Waals surface area contributed by atoms with Crippen LogP contribution in [0.15, 0.2) is 42.0 Å². The summed E-state index contributed by atoms with van der Waals surface area (Å²) in [4.78, 5) is 70.8. The number of methoxy groups -OCH3 is 3. The molecule has 3 aliphatic heterocycles. The number of carbonyl (C=O) groups is 5. The van der Waals surface area contributed by atoms with Gasteiger partial charge in [0.25, 0.3) is 11.7 Å². The largest absolute Gasteiger partial charge is 0.492 e. The van der Waals surface area contributed by atoms with Crippen LogP contribution >= 0.6 is 0 Å². The van der Waals surface area contributed by atoms with Gasteiger partial charge in [-0.25, -0.2) is 4.79 Å². The standard InChI is InChI=1S/C51H75N3O11/c1-30-16-12-11-13-17-31(2)42(61-8)28-38-21-19-36(7)51(60,65-38)48(57)49(58)54-23-15-14-18-39(54)50(59)64-43(33(4)26-37-20-22-40(55)44(27-37)62-9)29-41(56)32(3)25-35(6)46-47(63-10)45(52-53-46)34(5)24-30/h11-13,16-17,25,30,32-34,36-39,42-44,60H,14-15,18-24,26-29H2,1-10H3,(H,52,53)/b13-11+,16-12+,31-17+,35-25+/t30-,32-,33-,34-,36-,37+,38+,39+,42+,43+,44-,51-/m1/s1. The summed E-state index contributed by atoms with van der Waals surface area (Å²) in [7, 11) is 4.75. The number of aromatic amines is 1. The number of allylic oxidation sites excluding steroid dienone is 7. The van der Waals surface area contributed by atoms with Gasteiger partial charge in [0.1, 0.15) is 29.7 Å². The smallest absolute Gasteiger partial charge is 0.329 e. The number of nitrogens with zero attached hydrogens (tertiary/aromatic N) is 2. The Kier molecular flexibility index (Phi) is 18.7. The van der Waals surface area contributed by atoms with Gasteiger partial charge in [-0.1, -0.05) is 71.1 Å². The molecule has 1 saturated carbocycles. The fourth-order valence-corrected chi connectivity index (χ4v) is 10.2. The minimum atomic E-state index is -2.41. The SMILES string of the molecule is COc1c2n[nH]c1[C@H](C)C[C@H](C)/C=C/C=C/C=C(\C)[C@@H](OC)C[C@@H]1CC[C@@H](C)[C@@](O)(O1)C(=O)C(=O)N1CCCC[C@H]1C(=O)O[C@H]([C@H](C)C[C@@H]1CCC(=O)[C@H](OC)C1)CC(=O)[C@H](C)/C=C/2C. The van der Waals surface area contributed by atoms with Crippen LogP contribution in [0, 0.1) is 29.6 Å². The summed E-state index contributed by atoms with van der Waals surface area (Å²) in [5, 5.41) is 19.8. The zero-order chi connectivity index (χ0) is 47.6. The van der Waals surface area contributed by atoms with E-state index in [1.165, 1.54) is 12.0 Å². The number of rotatable bonds is 6. The van der Waals surface area contributed by atoms with Crippen molar-refractivity contribution in [1.82, 2.24) is 15.1 Å². The molecular formula is C51H75N3O11. The number of Topliss-reactive ketones (excluding diaryl/α,β-unsaturated/α-hetero) is 3. The number of nitrogens with one attached hydrogen (secondary N) is 1. The average molecular weight is 906 g/mol. The third-order valence-corrected chi connectivity index (χ3v) is 14.3. The van der Waals surface area contributed by atoms with E-state index in [0.29, 0.717) is 69.2 Å². The van der Waals surface area contributed by atoms with Gasteiger partial charge < -0.3 is 33.7 Å². The van der Waals surface area contributed by atoms with Gasteiger partial charge in [-0.05, 0) is 101 Å². The highest BCUT2D eigenvalue weighted by Crippen LogP contribution is 2.39. The minimum Gasteiger partial charge on any atom is -0.492 e. The van der Waals surface area contributed by atoms with Gasteiger partial charge in [0.05, 0.1) is 25.0 Å². The van der Waals surface area contributed by atoms with E-state index in [2.05, 4.69) is 30.1 Å². The predicted molar refractivity (Wildman–Crippen MR) is 247 cm³/mol. The number of aliphatic hydroxyl groups is 1. The third-order valence-electron chi connectivity index (χ3n) is 14.3. The summed E-state index contributed by atoms with van der Waals surface area (Å²) in [5.41, 5.74) is 3.16. The van der Waals surface area contributed by atoms with Crippen LogP contribution < -0.4 is 4.74 Å². The van der Waals surface area contributed by atoms with Gasteiger partial charge in [-0.2, -0.15) is 5.10 Å². The Balaban J connectivity index is 1.49. The molecule has 14 nitrogen and oxygen atoms in total. The Labute approximate surface area is 385 Å². The average Bonchev–Trinajstić information content (AvgIpc) is 3.73. The van der Waals surface area contributed by atoms with Crippen LogP contribution in [0.2, 0.25) is 0 Å². The normalized spacial score (nSPS) is 36.4. The highest BCUT2D eigenvalue weighted by molar-refractivity contribution is 6.39. The van der Waals surface area contributed by atoms with Gasteiger partial charge in [-0.15, -0.1) is 0 Å². The fraction of sp³-hybridized carbons (Fsp3) is 0.686. The lowest BCUT2D eigenvalue weighted by Gasteiger charge is -2.42. The number of esters is 1. The number of carbonyl (C=O) groups excluding carboxylic acids is 5. The monoisotopic (exact) mass is 906 g/mol. The first-order chi connectivity index (χ1) is 30.9. The number of aromatic nitrogens is 2. The lowest BCUT2D eigenvalue weighted by atomic mass is 9.79. The van der Waals surface area contributed by atoms with Crippen molar-refractivity contribution in [1.29, 1.82) is 0 Å². The number of H-pyrrole nitrogens is 1. The van der Waals surface area contributed by atoms with Gasteiger partial charge in [0, 0.05) is 57.8 Å². The highest BCUT2D eigenvalue weighted by Gasteiger charge is 2.53. The molecule has 2 saturated heterocycles. The molecular weight excluding hydrogens is 831 g/mol. The number of hydrogen-bond acceptors (Lipinski definition) is 12. The number of hydrogen-bond donors (Lipinski definition) is 2. The molecule has 12 atom stereocenters. The summed E-state index contributed by atoms with van der Waals surface area (Å²) in [6, 6.07) is -1.11. The molecule has 3 fully saturated rings. The molecule has 0 radical (unpaired) electrons. The van der Waals surface area contributed by atoms with E-state index in [4.69, 9.17) is 23.7 Å². The van der Waals surface area contributed by atoms with Crippen LogP contribution in [0.3, 0.4) is 0 Å². The number of amides is 1. The summed E-state index contributed by atoms with van der Waals surface area (Å²) >= 11 is 0. The second-order valence-corrected chi connectivity index (χ2v) is 19.4. The van der Waals surface area contributed by atoms with E-state index in [9.17, 15) is 29.1 Å². The van der Waals surface area contributed by atoms with E-state index in [1.807, 2.05) is 51.2 Å². The van der Waals surface area contributed by atoms with E-state index in [-0.39, 0.29) is 60.7 Å². The summed E-state index contributed by atoms with van der Waals surface area (Å²) in [6.07, 6.45) is 15.2. The first-order valence-electron chi connectivity index (χ1n) is 23.8. The van der Waals surface area contributed by atoms with E-state index in [1.54, 1.807) is 28.1 Å². The Hall–Kier alpha value is -4.24. The third kappa shape index (κ3) is 12.8. The lowest BCUT2D eigenvalue weighted by Crippen LogP contribution is -2.61. The molecule has 360 valence electrons. The van der Waals surface area contributed by atoms with E-state index < -0.39 is 59.6 Å². The van der Waals surface area contributed by atoms with E-state index in [0.717, 1.165) is 23.3 Å². The molecule has 1 aliphatic carbocycles. The molecule has 2 N–H and O–H groups in total. The molecule has 1 aromatic rings. The number of ether oxygens (including phenoxy) is 5. The van der Waals surface area contributed by atoms with Crippen LogP contribution in [-0.2, 0) is 42.9 Å². The first-order valence-corrected chi connectivity index (χ1v) is 23.8. The van der Waals surface area contributed by atoms with Crippen LogP contribution in [0.25, 0.3) is 5.57 Å². The summed E-state index contributed by atoms with van der Waals surface area (Å²) in [6.45, 7) is 13.7.